The van der Waals surface area contributed by atoms with Crippen LogP contribution in [0.1, 0.15) is 12.8 Å². The fourth-order valence-corrected chi connectivity index (χ4v) is 1.48. The molecule has 0 radical (unpaired) electrons. The van der Waals surface area contributed by atoms with Gasteiger partial charge < -0.3 is 10.6 Å². The molecule has 1 aromatic rings. The SMILES string of the molecule is O=C(CNC1CC1)Nc1cc(F)cc([N+](=O)[O-])c1. The summed E-state index contributed by atoms with van der Waals surface area (Å²) in [6, 6.07) is 3.36. The van der Waals surface area contributed by atoms with E-state index in [1.807, 2.05) is 0 Å². The maximum Gasteiger partial charge on any atom is 0.274 e. The predicted octanol–water partition coefficient (Wildman–Crippen LogP) is 1.42. The molecule has 6 nitrogen and oxygen atoms in total. The average molecular weight is 253 g/mol. The average Bonchev–Trinajstić information content (AvgIpc) is 3.09. The van der Waals surface area contributed by atoms with Crippen LogP contribution in [0, 0.1) is 15.9 Å². The Labute approximate surface area is 102 Å². The van der Waals surface area contributed by atoms with Gasteiger partial charge in [-0.05, 0) is 18.9 Å². The van der Waals surface area contributed by atoms with E-state index < -0.39 is 10.7 Å². The van der Waals surface area contributed by atoms with Gasteiger partial charge in [-0.2, -0.15) is 0 Å². The molecule has 1 fully saturated rings. The summed E-state index contributed by atoms with van der Waals surface area (Å²) >= 11 is 0. The Morgan fingerprint density at radius 1 is 1.44 bits per heavy atom. The van der Waals surface area contributed by atoms with Crippen molar-refractivity contribution in [3.63, 3.8) is 0 Å². The largest absolute Gasteiger partial charge is 0.325 e. The van der Waals surface area contributed by atoms with Crippen LogP contribution in [0.3, 0.4) is 0 Å². The summed E-state index contributed by atoms with van der Waals surface area (Å²) in [6.45, 7) is 0.120. The quantitative estimate of drug-likeness (QED) is 0.614. The van der Waals surface area contributed by atoms with E-state index in [1.165, 1.54) is 0 Å². The van der Waals surface area contributed by atoms with Crippen molar-refractivity contribution in [2.24, 2.45) is 0 Å². The first-order valence-electron chi connectivity index (χ1n) is 5.53. The summed E-state index contributed by atoms with van der Waals surface area (Å²) in [5.41, 5.74) is -0.301. The number of anilines is 1. The number of nitro groups is 1. The van der Waals surface area contributed by atoms with Gasteiger partial charge in [-0.25, -0.2) is 4.39 Å². The first kappa shape index (κ1) is 12.4. The van der Waals surface area contributed by atoms with E-state index in [2.05, 4.69) is 10.6 Å². The molecular weight excluding hydrogens is 241 g/mol. The number of carbonyl (C=O) groups is 1. The molecule has 0 saturated heterocycles. The van der Waals surface area contributed by atoms with Crippen molar-refractivity contribution >= 4 is 17.3 Å². The highest BCUT2D eigenvalue weighted by Crippen LogP contribution is 2.20. The van der Waals surface area contributed by atoms with Crippen molar-refractivity contribution in [1.82, 2.24) is 5.32 Å². The molecule has 0 aromatic heterocycles. The Hall–Kier alpha value is -2.02. The molecule has 96 valence electrons. The highest BCUT2D eigenvalue weighted by atomic mass is 19.1. The molecule has 0 spiro atoms. The van der Waals surface area contributed by atoms with Crippen LogP contribution in [0.15, 0.2) is 18.2 Å². The van der Waals surface area contributed by atoms with Gasteiger partial charge >= 0.3 is 0 Å². The Bertz CT molecular complexity index is 488. The zero-order chi connectivity index (χ0) is 13.1. The lowest BCUT2D eigenvalue weighted by atomic mass is 10.2. The maximum absolute atomic E-state index is 13.1. The normalized spacial score (nSPS) is 14.3. The molecule has 1 saturated carbocycles. The molecule has 7 heteroatoms. The number of rotatable bonds is 5. The second-order valence-corrected chi connectivity index (χ2v) is 4.16. The molecule has 0 unspecified atom stereocenters. The standard InChI is InChI=1S/C11H12FN3O3/c12-7-3-9(5-10(4-7)15(17)18)14-11(16)6-13-8-1-2-8/h3-5,8,13H,1-2,6H2,(H,14,16). The minimum atomic E-state index is -0.755. The van der Waals surface area contributed by atoms with Crippen LogP contribution in [0.25, 0.3) is 0 Å². The van der Waals surface area contributed by atoms with Crippen LogP contribution in [0.5, 0.6) is 0 Å². The van der Waals surface area contributed by atoms with E-state index in [1.54, 1.807) is 0 Å². The molecule has 2 N–H and O–H groups in total. The summed E-state index contributed by atoms with van der Waals surface area (Å²) in [7, 11) is 0. The molecule has 0 aliphatic heterocycles. The van der Waals surface area contributed by atoms with E-state index in [9.17, 15) is 19.3 Å². The number of benzene rings is 1. The molecule has 2 rings (SSSR count). The molecule has 0 heterocycles. The lowest BCUT2D eigenvalue weighted by Gasteiger charge is -2.06. The number of carbonyl (C=O) groups excluding carboxylic acids is 1. The fourth-order valence-electron chi connectivity index (χ4n) is 1.48. The number of hydrogen-bond acceptors (Lipinski definition) is 4. The van der Waals surface area contributed by atoms with E-state index in [0.29, 0.717) is 6.04 Å². The Kier molecular flexibility index (Phi) is 3.52. The zero-order valence-corrected chi connectivity index (χ0v) is 9.48. The lowest BCUT2D eigenvalue weighted by Crippen LogP contribution is -2.29. The van der Waals surface area contributed by atoms with Crippen molar-refractivity contribution in [3.8, 4) is 0 Å². The molecule has 1 aromatic carbocycles. The van der Waals surface area contributed by atoms with E-state index >= 15 is 0 Å². The van der Waals surface area contributed by atoms with E-state index in [-0.39, 0.29) is 23.8 Å². The van der Waals surface area contributed by atoms with Crippen LogP contribution in [-0.4, -0.2) is 23.4 Å². The Morgan fingerprint density at radius 3 is 2.78 bits per heavy atom. The van der Waals surface area contributed by atoms with Crippen LogP contribution >= 0.6 is 0 Å². The Morgan fingerprint density at radius 2 is 2.17 bits per heavy atom. The molecule has 1 aliphatic carbocycles. The van der Waals surface area contributed by atoms with Crippen LogP contribution < -0.4 is 10.6 Å². The van der Waals surface area contributed by atoms with Crippen LogP contribution in [0.4, 0.5) is 15.8 Å². The number of halogens is 1. The summed E-state index contributed by atoms with van der Waals surface area (Å²) in [4.78, 5) is 21.3. The molecule has 18 heavy (non-hydrogen) atoms. The van der Waals surface area contributed by atoms with Gasteiger partial charge in [0.25, 0.3) is 5.69 Å². The maximum atomic E-state index is 13.1. The summed E-state index contributed by atoms with van der Waals surface area (Å²) in [6.07, 6.45) is 2.11. The van der Waals surface area contributed by atoms with E-state index in [4.69, 9.17) is 0 Å². The smallest absolute Gasteiger partial charge is 0.274 e. The second kappa shape index (κ2) is 5.09. The molecule has 0 atom stereocenters. The molecule has 1 amide bonds. The van der Waals surface area contributed by atoms with Crippen molar-refractivity contribution in [2.75, 3.05) is 11.9 Å². The molecule has 1 aliphatic rings. The van der Waals surface area contributed by atoms with Crippen molar-refractivity contribution in [3.05, 3.63) is 34.1 Å². The second-order valence-electron chi connectivity index (χ2n) is 4.16. The fraction of sp³-hybridized carbons (Fsp3) is 0.364. The van der Waals surface area contributed by atoms with Gasteiger partial charge in [-0.15, -0.1) is 0 Å². The van der Waals surface area contributed by atoms with Crippen LogP contribution in [-0.2, 0) is 4.79 Å². The summed E-state index contributed by atoms with van der Waals surface area (Å²) in [5.74, 6) is -1.10. The Balaban J connectivity index is 1.98. The number of nitrogens with one attached hydrogen (secondary N) is 2. The first-order chi connectivity index (χ1) is 8.54. The van der Waals surface area contributed by atoms with Crippen molar-refractivity contribution in [1.29, 1.82) is 0 Å². The minimum absolute atomic E-state index is 0.0873. The van der Waals surface area contributed by atoms with Crippen molar-refractivity contribution in [2.45, 2.75) is 18.9 Å². The number of amides is 1. The topological polar surface area (TPSA) is 84.3 Å². The van der Waals surface area contributed by atoms with Gasteiger partial charge in [0, 0.05) is 12.1 Å². The van der Waals surface area contributed by atoms with Gasteiger partial charge in [0.2, 0.25) is 5.91 Å². The first-order valence-corrected chi connectivity index (χ1v) is 5.53. The highest BCUT2D eigenvalue weighted by molar-refractivity contribution is 5.92. The number of non-ortho nitro benzene ring substituents is 1. The van der Waals surface area contributed by atoms with Gasteiger partial charge in [-0.1, -0.05) is 0 Å². The van der Waals surface area contributed by atoms with Gasteiger partial charge in [0.05, 0.1) is 23.2 Å². The van der Waals surface area contributed by atoms with Gasteiger partial charge in [-0.3, -0.25) is 14.9 Å². The predicted molar refractivity (Wildman–Crippen MR) is 62.7 cm³/mol. The van der Waals surface area contributed by atoms with Crippen LogP contribution in [0.2, 0.25) is 0 Å². The third-order valence-corrected chi connectivity index (χ3v) is 2.51. The number of nitro benzene ring substituents is 1. The third-order valence-electron chi connectivity index (χ3n) is 2.51. The van der Waals surface area contributed by atoms with Gasteiger partial charge in [0.15, 0.2) is 0 Å². The van der Waals surface area contributed by atoms with E-state index in [0.717, 1.165) is 31.0 Å². The number of hydrogen-bond donors (Lipinski definition) is 2. The highest BCUT2D eigenvalue weighted by Gasteiger charge is 2.21. The van der Waals surface area contributed by atoms with Gasteiger partial charge in [0.1, 0.15) is 5.82 Å². The molecule has 0 bridgehead atoms. The molecular formula is C11H12FN3O3. The minimum Gasteiger partial charge on any atom is -0.325 e. The lowest BCUT2D eigenvalue weighted by molar-refractivity contribution is -0.385. The zero-order valence-electron chi connectivity index (χ0n) is 9.48. The monoisotopic (exact) mass is 253 g/mol. The third kappa shape index (κ3) is 3.49. The number of nitrogens with zero attached hydrogens (tertiary/aromatic N) is 1. The summed E-state index contributed by atoms with van der Waals surface area (Å²) < 4.78 is 13.1. The summed E-state index contributed by atoms with van der Waals surface area (Å²) in [5, 5.41) is 15.9. The van der Waals surface area contributed by atoms with Crippen molar-refractivity contribution < 1.29 is 14.1 Å².